The van der Waals surface area contributed by atoms with Crippen LogP contribution in [0.3, 0.4) is 0 Å². The van der Waals surface area contributed by atoms with Crippen molar-refractivity contribution in [1.82, 2.24) is 5.06 Å². The molecule has 0 radical (unpaired) electrons. The Labute approximate surface area is 194 Å². The number of hydrogen-bond donors (Lipinski definition) is 2. The molecule has 8 nitrogen and oxygen atoms in total. The summed E-state index contributed by atoms with van der Waals surface area (Å²) in [5, 5.41) is 1.44. The van der Waals surface area contributed by atoms with Crippen LogP contribution < -0.4 is 16.2 Å². The molecule has 1 heterocycles. The van der Waals surface area contributed by atoms with Crippen molar-refractivity contribution in [2.75, 3.05) is 13.2 Å². The number of ketones is 1. The molecule has 32 heavy (non-hydrogen) atoms. The second-order valence-electron chi connectivity index (χ2n) is 7.40. The minimum absolute atomic E-state index is 0. The van der Waals surface area contributed by atoms with Gasteiger partial charge in [-0.05, 0) is 37.6 Å². The highest BCUT2D eigenvalue weighted by Gasteiger charge is 2.32. The third-order valence-corrected chi connectivity index (χ3v) is 4.44. The van der Waals surface area contributed by atoms with E-state index in [9.17, 15) is 4.79 Å². The number of carbonyl (C=O) groups excluding carboxylic acids is 1. The molecule has 1 aliphatic rings. The highest BCUT2D eigenvalue weighted by molar-refractivity contribution is 6.06. The summed E-state index contributed by atoms with van der Waals surface area (Å²) in [5.41, 5.74) is 12.3. The minimum atomic E-state index is -0.728. The van der Waals surface area contributed by atoms with Crippen molar-refractivity contribution < 1.29 is 14.4 Å². The number of guanidine groups is 2. The zero-order chi connectivity index (χ0) is 22.3. The fourth-order valence-corrected chi connectivity index (χ4v) is 3.00. The standard InChI is InChI=1S/C23H27N5O3.ClH/c1-23(2)27-21(24)26-22(25)28(23)31-15-7-14-30-19-11-6-8-17(16-19)12-13-20(29)18-9-4-3-5-10-18;/h3-6,8-13,16H,7,14-15H2,1-2H3,(H4,24,25,26,27);1H/b13-12+;. The highest BCUT2D eigenvalue weighted by Crippen LogP contribution is 2.20. The van der Waals surface area contributed by atoms with Gasteiger partial charge in [-0.2, -0.15) is 10.1 Å². The number of hydrogen-bond acceptors (Lipinski definition) is 8. The second kappa shape index (κ2) is 11.3. The van der Waals surface area contributed by atoms with Crippen molar-refractivity contribution in [3.05, 3.63) is 71.8 Å². The number of aliphatic imine (C=N–C) groups is 2. The van der Waals surface area contributed by atoms with Gasteiger partial charge in [-0.15, -0.1) is 12.4 Å². The smallest absolute Gasteiger partial charge is 0.226 e. The van der Waals surface area contributed by atoms with E-state index in [0.717, 1.165) is 5.56 Å². The van der Waals surface area contributed by atoms with Gasteiger partial charge in [-0.3, -0.25) is 9.63 Å². The minimum Gasteiger partial charge on any atom is -0.493 e. The number of nitrogens with zero attached hydrogens (tertiary/aromatic N) is 3. The monoisotopic (exact) mass is 457 g/mol. The number of carbonyl (C=O) groups is 1. The Hall–Kier alpha value is -3.36. The molecule has 4 N–H and O–H groups in total. The lowest BCUT2D eigenvalue weighted by Crippen LogP contribution is -2.53. The van der Waals surface area contributed by atoms with Gasteiger partial charge in [0.15, 0.2) is 11.4 Å². The van der Waals surface area contributed by atoms with E-state index in [2.05, 4.69) is 9.98 Å². The summed E-state index contributed by atoms with van der Waals surface area (Å²) in [4.78, 5) is 26.1. The molecule has 0 saturated carbocycles. The third kappa shape index (κ3) is 6.83. The van der Waals surface area contributed by atoms with Crippen molar-refractivity contribution in [1.29, 1.82) is 0 Å². The molecule has 0 fully saturated rings. The Kier molecular flexibility index (Phi) is 8.80. The predicted octanol–water partition coefficient (Wildman–Crippen LogP) is 3.39. The molecule has 0 aromatic heterocycles. The Bertz CT molecular complexity index is 1010. The van der Waals surface area contributed by atoms with Crippen LogP contribution >= 0.6 is 12.4 Å². The zero-order valence-electron chi connectivity index (χ0n) is 18.1. The maximum atomic E-state index is 12.2. The van der Waals surface area contributed by atoms with Crippen LogP contribution in [0.2, 0.25) is 0 Å². The Balaban J connectivity index is 0.00000363. The lowest BCUT2D eigenvalue weighted by Gasteiger charge is -2.36. The summed E-state index contributed by atoms with van der Waals surface area (Å²) in [6.07, 6.45) is 3.97. The molecule has 9 heteroatoms. The predicted molar refractivity (Wildman–Crippen MR) is 129 cm³/mol. The molecule has 2 aromatic rings. The zero-order valence-corrected chi connectivity index (χ0v) is 18.9. The number of hydroxylamine groups is 2. The average Bonchev–Trinajstić information content (AvgIpc) is 2.73. The molecule has 0 bridgehead atoms. The Morgan fingerprint density at radius 2 is 1.84 bits per heavy atom. The van der Waals surface area contributed by atoms with E-state index in [0.29, 0.717) is 30.9 Å². The van der Waals surface area contributed by atoms with Crippen LogP contribution in [0.1, 0.15) is 36.2 Å². The Morgan fingerprint density at radius 3 is 2.56 bits per heavy atom. The summed E-state index contributed by atoms with van der Waals surface area (Å²) >= 11 is 0. The molecule has 2 aromatic carbocycles. The highest BCUT2D eigenvalue weighted by atomic mass is 35.5. The quantitative estimate of drug-likeness (QED) is 0.339. The van der Waals surface area contributed by atoms with Gasteiger partial charge in [0.1, 0.15) is 5.75 Å². The van der Waals surface area contributed by atoms with Gasteiger partial charge in [0, 0.05) is 12.0 Å². The molecule has 3 rings (SSSR count). The molecule has 170 valence electrons. The largest absolute Gasteiger partial charge is 0.493 e. The van der Waals surface area contributed by atoms with E-state index >= 15 is 0 Å². The van der Waals surface area contributed by atoms with Crippen molar-refractivity contribution in [2.24, 2.45) is 21.5 Å². The Morgan fingerprint density at radius 1 is 1.09 bits per heavy atom. The first kappa shape index (κ1) is 24.9. The lowest BCUT2D eigenvalue weighted by atomic mass is 10.1. The topological polar surface area (TPSA) is 116 Å². The molecular formula is C23H28ClN5O3. The number of halogens is 1. The normalized spacial score (nSPS) is 15.0. The van der Waals surface area contributed by atoms with E-state index < -0.39 is 5.66 Å². The van der Waals surface area contributed by atoms with Crippen LogP contribution in [0.4, 0.5) is 0 Å². The van der Waals surface area contributed by atoms with Crippen LogP contribution in [0.25, 0.3) is 6.08 Å². The van der Waals surface area contributed by atoms with Gasteiger partial charge in [0.25, 0.3) is 0 Å². The van der Waals surface area contributed by atoms with Crippen LogP contribution in [0.15, 0.2) is 70.7 Å². The van der Waals surface area contributed by atoms with Gasteiger partial charge < -0.3 is 16.2 Å². The van der Waals surface area contributed by atoms with Crippen LogP contribution in [-0.4, -0.2) is 41.6 Å². The number of nitrogens with two attached hydrogens (primary N) is 2. The van der Waals surface area contributed by atoms with E-state index in [4.69, 9.17) is 21.0 Å². The van der Waals surface area contributed by atoms with Crippen molar-refractivity contribution in [2.45, 2.75) is 25.9 Å². The molecule has 0 amide bonds. The van der Waals surface area contributed by atoms with Crippen LogP contribution in [0, 0.1) is 0 Å². The molecule has 1 aliphatic heterocycles. The first-order valence-corrected chi connectivity index (χ1v) is 9.98. The molecule has 0 aliphatic carbocycles. The maximum Gasteiger partial charge on any atom is 0.226 e. The lowest BCUT2D eigenvalue weighted by molar-refractivity contribution is -0.158. The van der Waals surface area contributed by atoms with E-state index in [1.165, 1.54) is 5.06 Å². The second-order valence-corrected chi connectivity index (χ2v) is 7.40. The summed E-state index contributed by atoms with van der Waals surface area (Å²) in [6, 6.07) is 16.7. The van der Waals surface area contributed by atoms with E-state index in [1.54, 1.807) is 24.3 Å². The molecular weight excluding hydrogens is 430 g/mol. The number of ether oxygens (including phenoxy) is 1. The average molecular weight is 458 g/mol. The molecule has 0 spiro atoms. The van der Waals surface area contributed by atoms with Crippen molar-refractivity contribution in [3.8, 4) is 5.75 Å². The van der Waals surface area contributed by atoms with Crippen molar-refractivity contribution >= 4 is 36.2 Å². The van der Waals surface area contributed by atoms with E-state index in [1.807, 2.05) is 56.3 Å². The third-order valence-electron chi connectivity index (χ3n) is 4.44. The fourth-order valence-electron chi connectivity index (χ4n) is 3.00. The fraction of sp³-hybridized carbons (Fsp3) is 0.261. The van der Waals surface area contributed by atoms with Gasteiger partial charge in [-0.1, -0.05) is 48.5 Å². The van der Waals surface area contributed by atoms with E-state index in [-0.39, 0.29) is 30.1 Å². The number of allylic oxidation sites excluding steroid dienone is 1. The number of benzene rings is 2. The van der Waals surface area contributed by atoms with Crippen molar-refractivity contribution in [3.63, 3.8) is 0 Å². The van der Waals surface area contributed by atoms with Gasteiger partial charge in [-0.25, -0.2) is 4.99 Å². The van der Waals surface area contributed by atoms with Crippen LogP contribution in [0.5, 0.6) is 5.75 Å². The SMILES string of the molecule is CC1(C)N=C(N)N=C(N)N1OCCCOc1cccc(/C=C/C(=O)c2ccccc2)c1.Cl. The maximum absolute atomic E-state index is 12.2. The first-order chi connectivity index (χ1) is 14.8. The van der Waals surface area contributed by atoms with Crippen LogP contribution in [-0.2, 0) is 4.84 Å². The summed E-state index contributed by atoms with van der Waals surface area (Å²) in [7, 11) is 0. The van der Waals surface area contributed by atoms with Gasteiger partial charge in [0.2, 0.25) is 11.9 Å². The summed E-state index contributed by atoms with van der Waals surface area (Å²) in [5.74, 6) is 0.970. The molecule has 0 saturated heterocycles. The van der Waals surface area contributed by atoms with Gasteiger partial charge >= 0.3 is 0 Å². The first-order valence-electron chi connectivity index (χ1n) is 9.98. The molecule has 0 atom stereocenters. The summed E-state index contributed by atoms with van der Waals surface area (Å²) in [6.45, 7) is 4.49. The number of rotatable bonds is 9. The molecule has 0 unspecified atom stereocenters. The summed E-state index contributed by atoms with van der Waals surface area (Å²) < 4.78 is 5.80. The van der Waals surface area contributed by atoms with Gasteiger partial charge in [0.05, 0.1) is 13.2 Å².